The number of amides is 1. The summed E-state index contributed by atoms with van der Waals surface area (Å²) in [6.07, 6.45) is 0.576. The van der Waals surface area contributed by atoms with Crippen LogP contribution in [0.4, 0.5) is 18.9 Å². The van der Waals surface area contributed by atoms with E-state index in [4.69, 9.17) is 4.84 Å². The van der Waals surface area contributed by atoms with E-state index < -0.39 is 22.1 Å². The zero-order valence-corrected chi connectivity index (χ0v) is 24.3. The summed E-state index contributed by atoms with van der Waals surface area (Å²) in [5.74, 6) is -0.0745. The molecule has 228 valence electrons. The van der Waals surface area contributed by atoms with E-state index in [0.717, 1.165) is 62.5 Å². The maximum Gasteiger partial charge on any atom is 0.573 e. The fourth-order valence-corrected chi connectivity index (χ4v) is 5.75. The average molecular weight is 628 g/mol. The number of carbonyl (C=O) groups excluding carboxylic acids is 1. The molecular formula is C29H33ClF3N3O5S. The van der Waals surface area contributed by atoms with Crippen molar-refractivity contribution in [2.45, 2.75) is 43.4 Å². The molecule has 1 saturated heterocycles. The monoisotopic (exact) mass is 627 g/mol. The predicted octanol–water partition coefficient (Wildman–Crippen LogP) is 6.10. The number of ether oxygens (including phenoxy) is 1. The van der Waals surface area contributed by atoms with Gasteiger partial charge in [0.25, 0.3) is 15.9 Å². The van der Waals surface area contributed by atoms with Gasteiger partial charge in [0, 0.05) is 12.1 Å². The molecule has 3 aromatic rings. The van der Waals surface area contributed by atoms with Crippen LogP contribution < -0.4 is 24.7 Å². The molecule has 0 saturated carbocycles. The van der Waals surface area contributed by atoms with Crippen LogP contribution in [0.2, 0.25) is 0 Å². The summed E-state index contributed by atoms with van der Waals surface area (Å²) >= 11 is 0. The molecular weight excluding hydrogens is 595 g/mol. The van der Waals surface area contributed by atoms with Crippen molar-refractivity contribution >= 4 is 34.0 Å². The number of carbonyl (C=O) groups is 1. The highest BCUT2D eigenvalue weighted by molar-refractivity contribution is 7.92. The first-order chi connectivity index (χ1) is 19.6. The molecule has 2 N–H and O–H groups in total. The Hall–Kier alpha value is -3.48. The van der Waals surface area contributed by atoms with E-state index in [1.807, 2.05) is 0 Å². The highest BCUT2D eigenvalue weighted by Gasteiger charge is 2.31. The molecule has 4 rings (SSSR count). The van der Waals surface area contributed by atoms with Gasteiger partial charge in [0.15, 0.2) is 5.75 Å². The van der Waals surface area contributed by atoms with Gasteiger partial charge in [-0.1, -0.05) is 35.5 Å². The molecule has 0 aliphatic carbocycles. The highest BCUT2D eigenvalue weighted by atomic mass is 35.5. The van der Waals surface area contributed by atoms with Crippen molar-refractivity contribution in [1.29, 1.82) is 0 Å². The fourth-order valence-electron chi connectivity index (χ4n) is 4.49. The number of unbranched alkanes of at least 4 members (excludes halogenated alkanes) is 1. The Labute approximate surface area is 249 Å². The van der Waals surface area contributed by atoms with Gasteiger partial charge in [-0.15, -0.1) is 25.6 Å². The lowest BCUT2D eigenvalue weighted by atomic mass is 9.92. The van der Waals surface area contributed by atoms with Crippen LogP contribution in [0, 0.1) is 5.92 Å². The number of alkyl halides is 3. The maximum absolute atomic E-state index is 13.6. The summed E-state index contributed by atoms with van der Waals surface area (Å²) in [7, 11) is -4.31. The molecule has 0 aromatic heterocycles. The molecule has 0 radical (unpaired) electrons. The molecule has 1 fully saturated rings. The van der Waals surface area contributed by atoms with Crippen LogP contribution in [0.25, 0.3) is 0 Å². The van der Waals surface area contributed by atoms with Gasteiger partial charge in [-0.2, -0.15) is 8.42 Å². The minimum absolute atomic E-state index is 0. The van der Waals surface area contributed by atoms with Gasteiger partial charge in [0.2, 0.25) is 0 Å². The van der Waals surface area contributed by atoms with Crippen molar-refractivity contribution in [2.24, 2.45) is 5.92 Å². The van der Waals surface area contributed by atoms with E-state index in [1.165, 1.54) is 49.2 Å². The third-order valence-corrected chi connectivity index (χ3v) is 8.22. The molecule has 0 unspecified atom stereocenters. The Morgan fingerprint density at radius 1 is 0.905 bits per heavy atom. The van der Waals surface area contributed by atoms with E-state index >= 15 is 0 Å². The first-order valence-electron chi connectivity index (χ1n) is 13.3. The third-order valence-electron chi connectivity index (χ3n) is 6.63. The molecule has 1 heterocycles. The molecule has 13 heteroatoms. The van der Waals surface area contributed by atoms with Crippen LogP contribution in [0.1, 0.15) is 42.5 Å². The Balaban J connectivity index is 0.00000484. The van der Waals surface area contributed by atoms with Gasteiger partial charge in [0.1, 0.15) is 5.75 Å². The Morgan fingerprint density at radius 2 is 1.52 bits per heavy atom. The number of nitrogens with zero attached hydrogens (tertiary/aromatic N) is 1. The zero-order chi connectivity index (χ0) is 29.3. The van der Waals surface area contributed by atoms with Crippen molar-refractivity contribution in [3.63, 3.8) is 0 Å². The largest absolute Gasteiger partial charge is 0.573 e. The van der Waals surface area contributed by atoms with E-state index in [0.29, 0.717) is 16.6 Å². The lowest BCUT2D eigenvalue weighted by molar-refractivity contribution is -0.274. The summed E-state index contributed by atoms with van der Waals surface area (Å²) in [4.78, 5) is 18.1. The number of hydrogen-bond donors (Lipinski definition) is 2. The standard InChI is InChI=1S/C29H32F3N3O5S.ClH/c30-29(31,32)39-25-11-13-26(14-12-25)40-35(24-7-2-1-3-8-24)41(37,38)27-15-9-23(10-16-27)28(36)34-19-5-4-6-22-17-20-33-21-18-22;/h1-3,7-16,22,33H,4-6,17-21H2,(H,34,36);1H. The average Bonchev–Trinajstić information content (AvgIpc) is 2.96. The maximum atomic E-state index is 13.6. The quantitative estimate of drug-likeness (QED) is 0.186. The second kappa shape index (κ2) is 15.1. The molecule has 1 amide bonds. The molecule has 3 aromatic carbocycles. The number of hydrogen-bond acceptors (Lipinski definition) is 6. The second-order valence-electron chi connectivity index (χ2n) is 9.65. The Bertz CT molecular complexity index is 1370. The van der Waals surface area contributed by atoms with E-state index in [9.17, 15) is 26.4 Å². The van der Waals surface area contributed by atoms with E-state index in [-0.39, 0.29) is 34.6 Å². The summed E-state index contributed by atoms with van der Waals surface area (Å²) in [5, 5.41) is 6.23. The normalized spacial score (nSPS) is 14.0. The summed E-state index contributed by atoms with van der Waals surface area (Å²) in [6.45, 7) is 2.67. The SMILES string of the molecule is Cl.O=C(NCCCCC1CCNCC1)c1ccc(S(=O)(=O)N(Oc2ccc(OC(F)(F)F)cc2)c2ccccc2)cc1. The van der Waals surface area contributed by atoms with Crippen LogP contribution in [-0.4, -0.2) is 40.3 Å². The van der Waals surface area contributed by atoms with E-state index in [2.05, 4.69) is 15.4 Å². The Morgan fingerprint density at radius 3 is 2.14 bits per heavy atom. The van der Waals surface area contributed by atoms with Gasteiger partial charge in [-0.3, -0.25) is 4.79 Å². The number of nitrogens with one attached hydrogen (secondary N) is 2. The fraction of sp³-hybridized carbons (Fsp3) is 0.345. The smallest absolute Gasteiger partial charge is 0.406 e. The second-order valence-corrected chi connectivity index (χ2v) is 11.4. The van der Waals surface area contributed by atoms with Gasteiger partial charge in [0.05, 0.1) is 10.6 Å². The molecule has 0 atom stereocenters. The lowest BCUT2D eigenvalue weighted by Gasteiger charge is -2.24. The van der Waals surface area contributed by atoms with Crippen molar-refractivity contribution in [2.75, 3.05) is 24.1 Å². The van der Waals surface area contributed by atoms with Crippen molar-refractivity contribution in [3.05, 3.63) is 84.4 Å². The van der Waals surface area contributed by atoms with E-state index in [1.54, 1.807) is 18.2 Å². The number of anilines is 1. The number of benzene rings is 3. The third kappa shape index (κ3) is 9.53. The summed E-state index contributed by atoms with van der Waals surface area (Å²) in [6, 6.07) is 17.7. The van der Waals surface area contributed by atoms with Gasteiger partial charge >= 0.3 is 6.36 Å². The number of halogens is 4. The first-order valence-corrected chi connectivity index (χ1v) is 14.8. The zero-order valence-electron chi connectivity index (χ0n) is 22.7. The number of sulfonamides is 1. The molecule has 0 spiro atoms. The minimum Gasteiger partial charge on any atom is -0.406 e. The van der Waals surface area contributed by atoms with Crippen molar-refractivity contribution < 1.29 is 36.0 Å². The van der Waals surface area contributed by atoms with Crippen LogP contribution in [0.15, 0.2) is 83.8 Å². The summed E-state index contributed by atoms with van der Waals surface area (Å²) in [5.41, 5.74) is 0.476. The minimum atomic E-state index is -4.86. The first kappa shape index (κ1) is 33.0. The molecule has 42 heavy (non-hydrogen) atoms. The highest BCUT2D eigenvalue weighted by Crippen LogP contribution is 2.29. The Kier molecular flexibility index (Phi) is 11.9. The van der Waals surface area contributed by atoms with Gasteiger partial charge in [-0.05, 0) is 98.9 Å². The topological polar surface area (TPSA) is 97.0 Å². The summed E-state index contributed by atoms with van der Waals surface area (Å²) < 4.78 is 69.1. The van der Waals surface area contributed by atoms with Crippen molar-refractivity contribution in [1.82, 2.24) is 10.6 Å². The van der Waals surface area contributed by atoms with Crippen LogP contribution in [0.3, 0.4) is 0 Å². The van der Waals surface area contributed by atoms with Crippen LogP contribution >= 0.6 is 12.4 Å². The van der Waals surface area contributed by atoms with Gasteiger partial charge in [-0.25, -0.2) is 0 Å². The number of rotatable bonds is 12. The molecule has 1 aliphatic rings. The molecule has 8 nitrogen and oxygen atoms in total. The number of para-hydroxylation sites is 1. The van der Waals surface area contributed by atoms with Gasteiger partial charge < -0.3 is 20.2 Å². The van der Waals surface area contributed by atoms with Crippen LogP contribution in [-0.2, 0) is 10.0 Å². The molecule has 1 aliphatic heterocycles. The van der Waals surface area contributed by atoms with Crippen molar-refractivity contribution in [3.8, 4) is 11.5 Å². The lowest BCUT2D eigenvalue weighted by Crippen LogP contribution is -2.34. The predicted molar refractivity (Wildman–Crippen MR) is 155 cm³/mol. The van der Waals surface area contributed by atoms with Crippen LogP contribution in [0.5, 0.6) is 11.5 Å². The molecule has 0 bridgehead atoms. The number of piperidine rings is 1.